The normalized spacial score (nSPS) is 17.4. The lowest BCUT2D eigenvalue weighted by atomic mass is 10.1. The predicted molar refractivity (Wildman–Crippen MR) is 117 cm³/mol. The zero-order valence-corrected chi connectivity index (χ0v) is 19.5. The number of amides is 1. The van der Waals surface area contributed by atoms with Gasteiger partial charge in [-0.15, -0.1) is 0 Å². The van der Waals surface area contributed by atoms with Gasteiger partial charge in [-0.1, -0.05) is 26.0 Å². The molecule has 1 aliphatic rings. The van der Waals surface area contributed by atoms with E-state index in [2.05, 4.69) is 24.1 Å². The van der Waals surface area contributed by atoms with Crippen molar-refractivity contribution in [1.29, 1.82) is 0 Å². The third kappa shape index (κ3) is 10.1. The maximum atomic E-state index is 12.8. The van der Waals surface area contributed by atoms with Crippen molar-refractivity contribution in [2.24, 2.45) is 5.92 Å². The maximum absolute atomic E-state index is 12.8. The first-order valence-electron chi connectivity index (χ1n) is 11.2. The molecule has 0 radical (unpaired) electrons. The number of esters is 1. The van der Waals surface area contributed by atoms with Crippen LogP contribution in [0.25, 0.3) is 0 Å². The van der Waals surface area contributed by atoms with Crippen molar-refractivity contribution in [2.45, 2.75) is 39.6 Å². The molecule has 1 saturated heterocycles. The monoisotopic (exact) mass is 473 g/mol. The Labute approximate surface area is 193 Å². The molecule has 1 heterocycles. The van der Waals surface area contributed by atoms with Gasteiger partial charge in [-0.25, -0.2) is 0 Å². The van der Waals surface area contributed by atoms with E-state index < -0.39 is 17.7 Å². The van der Waals surface area contributed by atoms with Crippen LogP contribution in [0.15, 0.2) is 24.3 Å². The molecule has 186 valence electrons. The van der Waals surface area contributed by atoms with Crippen molar-refractivity contribution in [3.8, 4) is 0 Å². The highest BCUT2D eigenvalue weighted by molar-refractivity contribution is 5.79. The summed E-state index contributed by atoms with van der Waals surface area (Å²) >= 11 is 0. The number of nitrogens with one attached hydrogen (secondary N) is 1. The van der Waals surface area contributed by atoms with Crippen molar-refractivity contribution in [3.63, 3.8) is 0 Å². The quantitative estimate of drug-likeness (QED) is 0.498. The Kier molecular flexibility index (Phi) is 10.6. The molecule has 1 unspecified atom stereocenters. The zero-order valence-electron chi connectivity index (χ0n) is 19.5. The molecule has 0 aromatic heterocycles. The second-order valence-electron chi connectivity index (χ2n) is 8.60. The predicted octanol–water partition coefficient (Wildman–Crippen LogP) is 2.54. The summed E-state index contributed by atoms with van der Waals surface area (Å²) in [7, 11) is 0. The number of rotatable bonds is 11. The van der Waals surface area contributed by atoms with Crippen LogP contribution in [-0.2, 0) is 31.8 Å². The SMILES string of the molecule is CCOC(=O)CN(CC(=O)NCC1CN(CC(C)C)CCO1)Cc1ccc(C(F)(F)F)cc1. The van der Waals surface area contributed by atoms with E-state index in [1.807, 2.05) is 0 Å². The molecule has 0 bridgehead atoms. The van der Waals surface area contributed by atoms with Gasteiger partial charge in [-0.2, -0.15) is 13.2 Å². The number of ether oxygens (including phenoxy) is 2. The van der Waals surface area contributed by atoms with E-state index in [0.717, 1.165) is 31.8 Å². The standard InChI is InChI=1S/C23H34F3N3O4/c1-4-32-22(31)16-29(13-18-5-7-19(8-6-18)23(24,25)26)15-21(30)27-11-20-14-28(9-10-33-20)12-17(2)3/h5-8,17,20H,4,9-16H2,1-3H3,(H,27,30). The summed E-state index contributed by atoms with van der Waals surface area (Å²) in [6.07, 6.45) is -4.54. The molecular weight excluding hydrogens is 439 g/mol. The highest BCUT2D eigenvalue weighted by atomic mass is 19.4. The zero-order chi connectivity index (χ0) is 24.4. The fourth-order valence-corrected chi connectivity index (χ4v) is 3.69. The number of morpholine rings is 1. The first-order chi connectivity index (χ1) is 15.6. The Morgan fingerprint density at radius 3 is 2.55 bits per heavy atom. The van der Waals surface area contributed by atoms with E-state index in [9.17, 15) is 22.8 Å². The summed E-state index contributed by atoms with van der Waals surface area (Å²) in [4.78, 5) is 28.4. The molecule has 2 rings (SSSR count). The van der Waals surface area contributed by atoms with Crippen LogP contribution in [0, 0.1) is 5.92 Å². The lowest BCUT2D eigenvalue weighted by molar-refractivity contribution is -0.145. The van der Waals surface area contributed by atoms with Gasteiger partial charge in [0.25, 0.3) is 0 Å². The molecule has 33 heavy (non-hydrogen) atoms. The Balaban J connectivity index is 1.92. The van der Waals surface area contributed by atoms with Gasteiger partial charge >= 0.3 is 12.1 Å². The second kappa shape index (κ2) is 12.9. The minimum atomic E-state index is -4.42. The van der Waals surface area contributed by atoms with Gasteiger partial charge in [0, 0.05) is 32.7 Å². The van der Waals surface area contributed by atoms with Gasteiger partial charge in [-0.3, -0.25) is 19.4 Å². The van der Waals surface area contributed by atoms with Gasteiger partial charge in [0.2, 0.25) is 5.91 Å². The topological polar surface area (TPSA) is 71.1 Å². The van der Waals surface area contributed by atoms with Crippen molar-refractivity contribution >= 4 is 11.9 Å². The minimum absolute atomic E-state index is 0.0950. The largest absolute Gasteiger partial charge is 0.465 e. The molecule has 1 aromatic rings. The van der Waals surface area contributed by atoms with Gasteiger partial charge < -0.3 is 14.8 Å². The van der Waals surface area contributed by atoms with E-state index in [0.29, 0.717) is 24.6 Å². The van der Waals surface area contributed by atoms with Crippen LogP contribution < -0.4 is 5.32 Å². The van der Waals surface area contributed by atoms with Gasteiger partial charge in [0.1, 0.15) is 0 Å². The van der Waals surface area contributed by atoms with Crippen LogP contribution in [-0.4, -0.2) is 80.3 Å². The molecule has 1 fully saturated rings. The van der Waals surface area contributed by atoms with Crippen LogP contribution in [0.1, 0.15) is 31.9 Å². The molecule has 1 amide bonds. The number of hydrogen-bond donors (Lipinski definition) is 1. The molecule has 1 aliphatic heterocycles. The summed E-state index contributed by atoms with van der Waals surface area (Å²) in [6.45, 7) is 9.59. The third-order valence-electron chi connectivity index (χ3n) is 5.09. The van der Waals surface area contributed by atoms with Gasteiger partial charge in [0.15, 0.2) is 0 Å². The fraction of sp³-hybridized carbons (Fsp3) is 0.652. The Morgan fingerprint density at radius 1 is 1.24 bits per heavy atom. The smallest absolute Gasteiger partial charge is 0.416 e. The molecule has 0 saturated carbocycles. The van der Waals surface area contributed by atoms with E-state index in [1.165, 1.54) is 12.1 Å². The van der Waals surface area contributed by atoms with E-state index in [1.54, 1.807) is 11.8 Å². The number of carbonyl (C=O) groups excluding carboxylic acids is 2. The van der Waals surface area contributed by atoms with Crippen molar-refractivity contribution in [2.75, 3.05) is 52.5 Å². The van der Waals surface area contributed by atoms with Crippen LogP contribution in [0.2, 0.25) is 0 Å². The van der Waals surface area contributed by atoms with Crippen molar-refractivity contribution in [1.82, 2.24) is 15.1 Å². The Morgan fingerprint density at radius 2 is 1.94 bits per heavy atom. The molecule has 10 heteroatoms. The number of nitrogens with zero attached hydrogens (tertiary/aromatic N) is 2. The molecule has 0 spiro atoms. The Bertz CT molecular complexity index is 756. The molecule has 1 N–H and O–H groups in total. The van der Waals surface area contributed by atoms with Crippen LogP contribution in [0.5, 0.6) is 0 Å². The number of carbonyl (C=O) groups is 2. The van der Waals surface area contributed by atoms with E-state index >= 15 is 0 Å². The average Bonchev–Trinajstić information content (AvgIpc) is 2.72. The second-order valence-corrected chi connectivity index (χ2v) is 8.60. The molecule has 1 aromatic carbocycles. The highest BCUT2D eigenvalue weighted by Gasteiger charge is 2.30. The lowest BCUT2D eigenvalue weighted by Crippen LogP contribution is -2.49. The maximum Gasteiger partial charge on any atom is 0.416 e. The summed E-state index contributed by atoms with van der Waals surface area (Å²) < 4.78 is 49.1. The number of halogens is 3. The van der Waals surface area contributed by atoms with E-state index in [4.69, 9.17) is 9.47 Å². The Hall–Kier alpha value is -2.17. The molecule has 7 nitrogen and oxygen atoms in total. The molecule has 1 atom stereocenters. The van der Waals surface area contributed by atoms with Gasteiger partial charge in [0.05, 0.1) is 38.0 Å². The van der Waals surface area contributed by atoms with Crippen LogP contribution in [0.3, 0.4) is 0 Å². The number of hydrogen-bond acceptors (Lipinski definition) is 6. The number of benzene rings is 1. The first-order valence-corrected chi connectivity index (χ1v) is 11.2. The van der Waals surface area contributed by atoms with E-state index in [-0.39, 0.29) is 38.3 Å². The minimum Gasteiger partial charge on any atom is -0.465 e. The van der Waals surface area contributed by atoms with Crippen molar-refractivity contribution in [3.05, 3.63) is 35.4 Å². The number of alkyl halides is 3. The first kappa shape index (κ1) is 27.1. The average molecular weight is 474 g/mol. The third-order valence-corrected chi connectivity index (χ3v) is 5.09. The van der Waals surface area contributed by atoms with Crippen LogP contribution >= 0.6 is 0 Å². The summed E-state index contributed by atoms with van der Waals surface area (Å²) in [5.74, 6) is -0.257. The highest BCUT2D eigenvalue weighted by Crippen LogP contribution is 2.29. The van der Waals surface area contributed by atoms with Crippen molar-refractivity contribution < 1.29 is 32.2 Å². The summed E-state index contributed by atoms with van der Waals surface area (Å²) in [5.41, 5.74) is -0.194. The van der Waals surface area contributed by atoms with Gasteiger partial charge in [-0.05, 0) is 30.5 Å². The fourth-order valence-electron chi connectivity index (χ4n) is 3.69. The van der Waals surface area contributed by atoms with Crippen LogP contribution in [0.4, 0.5) is 13.2 Å². The summed E-state index contributed by atoms with van der Waals surface area (Å²) in [5, 5.41) is 2.84. The molecular formula is C23H34F3N3O4. The lowest BCUT2D eigenvalue weighted by Gasteiger charge is -2.34. The summed E-state index contributed by atoms with van der Waals surface area (Å²) in [6, 6.07) is 4.67. The molecule has 0 aliphatic carbocycles.